The van der Waals surface area contributed by atoms with Crippen LogP contribution in [0.25, 0.3) is 16.8 Å². The van der Waals surface area contributed by atoms with Crippen LogP contribution in [0.4, 0.5) is 5.69 Å². The van der Waals surface area contributed by atoms with Crippen molar-refractivity contribution in [3.05, 3.63) is 77.2 Å². The van der Waals surface area contributed by atoms with E-state index in [2.05, 4.69) is 0 Å². The second-order valence-electron chi connectivity index (χ2n) is 6.27. The number of hydrogen-bond donors (Lipinski definition) is 1. The number of carbonyl (C=O) groups excluding carboxylic acids is 1. The summed E-state index contributed by atoms with van der Waals surface area (Å²) < 4.78 is 5.76. The topological polar surface area (TPSA) is 66.8 Å². The summed E-state index contributed by atoms with van der Waals surface area (Å²) in [5, 5.41) is 10.9. The molecule has 1 aliphatic heterocycles. The Balaban J connectivity index is 1.65. The van der Waals surface area contributed by atoms with Crippen LogP contribution in [0.15, 0.2) is 71.6 Å². The van der Waals surface area contributed by atoms with Gasteiger partial charge in [0.1, 0.15) is 5.75 Å². The second kappa shape index (κ2) is 8.06. The zero-order chi connectivity index (χ0) is 20.4. The Hall–Kier alpha value is -3.16. The van der Waals surface area contributed by atoms with E-state index in [-0.39, 0.29) is 5.91 Å². The van der Waals surface area contributed by atoms with Crippen molar-refractivity contribution in [2.75, 3.05) is 11.5 Å². The normalized spacial score (nSPS) is 15.3. The van der Waals surface area contributed by atoms with Gasteiger partial charge < -0.3 is 9.84 Å². The summed E-state index contributed by atoms with van der Waals surface area (Å²) in [7, 11) is 0. The number of carboxylic acids is 1. The molecule has 1 aliphatic rings. The lowest BCUT2D eigenvalue weighted by Gasteiger charge is -2.15. The third-order valence-electron chi connectivity index (χ3n) is 4.34. The molecule has 7 heteroatoms. The molecule has 29 heavy (non-hydrogen) atoms. The molecule has 1 N–H and O–H groups in total. The van der Waals surface area contributed by atoms with Gasteiger partial charge in [0.2, 0.25) is 0 Å². The maximum atomic E-state index is 13.0. The van der Waals surface area contributed by atoms with Crippen LogP contribution >= 0.6 is 24.0 Å². The Kier molecular flexibility index (Phi) is 5.33. The summed E-state index contributed by atoms with van der Waals surface area (Å²) in [6.45, 7) is -0.455. The number of carbonyl (C=O) groups is 2. The summed E-state index contributed by atoms with van der Waals surface area (Å²) >= 11 is 6.66. The van der Waals surface area contributed by atoms with E-state index in [9.17, 15) is 9.59 Å². The van der Waals surface area contributed by atoms with Crippen molar-refractivity contribution in [1.82, 2.24) is 0 Å². The van der Waals surface area contributed by atoms with Crippen molar-refractivity contribution in [2.45, 2.75) is 0 Å². The van der Waals surface area contributed by atoms with Crippen molar-refractivity contribution >= 4 is 62.7 Å². The molecular formula is C22H15NO4S2. The van der Waals surface area contributed by atoms with Gasteiger partial charge in [-0.15, -0.1) is 0 Å². The van der Waals surface area contributed by atoms with Crippen molar-refractivity contribution in [3.8, 4) is 5.75 Å². The zero-order valence-electron chi connectivity index (χ0n) is 15.1. The summed E-state index contributed by atoms with van der Waals surface area (Å²) in [5.74, 6) is -0.892. The number of amides is 1. The molecule has 0 saturated carbocycles. The van der Waals surface area contributed by atoms with Crippen LogP contribution in [0.5, 0.6) is 5.75 Å². The molecule has 1 amide bonds. The molecule has 3 aromatic carbocycles. The number of benzene rings is 3. The van der Waals surface area contributed by atoms with Gasteiger partial charge in [0.15, 0.2) is 10.9 Å². The highest BCUT2D eigenvalue weighted by Gasteiger charge is 2.33. The van der Waals surface area contributed by atoms with E-state index < -0.39 is 12.6 Å². The van der Waals surface area contributed by atoms with Gasteiger partial charge in [-0.05, 0) is 35.0 Å². The third-order valence-corrected chi connectivity index (χ3v) is 5.64. The summed E-state index contributed by atoms with van der Waals surface area (Å²) in [5.41, 5.74) is 1.33. The maximum Gasteiger partial charge on any atom is 0.341 e. The number of thioether (sulfide) groups is 1. The highest BCUT2D eigenvalue weighted by atomic mass is 32.2. The van der Waals surface area contributed by atoms with Crippen LogP contribution in [-0.4, -0.2) is 27.9 Å². The number of aliphatic carboxylic acids is 1. The van der Waals surface area contributed by atoms with Gasteiger partial charge >= 0.3 is 5.97 Å². The molecule has 0 spiro atoms. The van der Waals surface area contributed by atoms with Crippen molar-refractivity contribution in [3.63, 3.8) is 0 Å². The van der Waals surface area contributed by atoms with Crippen LogP contribution in [-0.2, 0) is 9.59 Å². The minimum absolute atomic E-state index is 0.219. The molecule has 0 bridgehead atoms. The Morgan fingerprint density at radius 2 is 1.79 bits per heavy atom. The van der Waals surface area contributed by atoms with E-state index in [4.69, 9.17) is 22.1 Å². The van der Waals surface area contributed by atoms with Gasteiger partial charge in [-0.2, -0.15) is 0 Å². The SMILES string of the molecule is O=C(O)COc1ccccc1/C=C1/SC(=S)N(c2ccc3ccccc3c2)C1=O. The number of carboxylic acid groups (broad SMARTS) is 1. The fourth-order valence-corrected chi connectivity index (χ4v) is 4.31. The predicted molar refractivity (Wildman–Crippen MR) is 119 cm³/mol. The molecule has 0 atom stereocenters. The zero-order valence-corrected chi connectivity index (χ0v) is 16.7. The summed E-state index contributed by atoms with van der Waals surface area (Å²) in [6, 6.07) is 20.7. The minimum Gasteiger partial charge on any atom is -0.481 e. The number of ether oxygens (including phenoxy) is 1. The monoisotopic (exact) mass is 421 g/mol. The number of rotatable bonds is 5. The first-order chi connectivity index (χ1) is 14.0. The van der Waals surface area contributed by atoms with Crippen LogP contribution in [0.2, 0.25) is 0 Å². The standard InChI is InChI=1S/C22H15NO4S2/c24-20(25)13-27-18-8-4-3-7-16(18)12-19-21(26)23(22(28)29-19)17-10-9-14-5-1-2-6-15(14)11-17/h1-12H,13H2,(H,24,25)/b19-12+. The Labute approximate surface area is 176 Å². The van der Waals surface area contributed by atoms with E-state index in [1.165, 1.54) is 16.7 Å². The first-order valence-corrected chi connectivity index (χ1v) is 9.96. The first-order valence-electron chi connectivity index (χ1n) is 8.73. The molecule has 4 rings (SSSR count). The van der Waals surface area contributed by atoms with E-state index >= 15 is 0 Å². The van der Waals surface area contributed by atoms with Crippen LogP contribution in [0.3, 0.4) is 0 Å². The molecular weight excluding hydrogens is 406 g/mol. The summed E-state index contributed by atoms with van der Waals surface area (Å²) in [4.78, 5) is 25.8. The van der Waals surface area contributed by atoms with E-state index in [0.29, 0.717) is 26.2 Å². The molecule has 3 aromatic rings. The molecule has 1 saturated heterocycles. The highest BCUT2D eigenvalue weighted by Crippen LogP contribution is 2.38. The van der Waals surface area contributed by atoms with Gasteiger partial charge in [0.05, 0.1) is 10.6 Å². The van der Waals surface area contributed by atoms with Crippen molar-refractivity contribution in [1.29, 1.82) is 0 Å². The average molecular weight is 421 g/mol. The minimum atomic E-state index is -1.07. The maximum absolute atomic E-state index is 13.0. The van der Waals surface area contributed by atoms with E-state index in [1.807, 2.05) is 42.5 Å². The van der Waals surface area contributed by atoms with Crippen molar-refractivity contribution in [2.24, 2.45) is 0 Å². The van der Waals surface area contributed by atoms with Gasteiger partial charge in [-0.25, -0.2) is 4.79 Å². The van der Waals surface area contributed by atoms with E-state index in [1.54, 1.807) is 30.3 Å². The highest BCUT2D eigenvalue weighted by molar-refractivity contribution is 8.27. The number of fused-ring (bicyclic) bond motifs is 1. The van der Waals surface area contributed by atoms with Crippen LogP contribution in [0, 0.1) is 0 Å². The van der Waals surface area contributed by atoms with Crippen LogP contribution in [0.1, 0.15) is 5.56 Å². The molecule has 144 valence electrons. The fourth-order valence-electron chi connectivity index (χ4n) is 3.02. The molecule has 1 heterocycles. The molecule has 1 fully saturated rings. The number of thiocarbonyl (C=S) groups is 1. The second-order valence-corrected chi connectivity index (χ2v) is 7.94. The van der Waals surface area contributed by atoms with Crippen molar-refractivity contribution < 1.29 is 19.4 Å². The van der Waals surface area contributed by atoms with Crippen LogP contribution < -0.4 is 9.64 Å². The molecule has 0 aromatic heterocycles. The molecule has 0 aliphatic carbocycles. The number of anilines is 1. The van der Waals surface area contributed by atoms with Gasteiger partial charge in [-0.1, -0.05) is 72.5 Å². The lowest BCUT2D eigenvalue weighted by Crippen LogP contribution is -2.27. The summed E-state index contributed by atoms with van der Waals surface area (Å²) in [6.07, 6.45) is 1.68. The predicted octanol–water partition coefficient (Wildman–Crippen LogP) is 4.71. The average Bonchev–Trinajstić information content (AvgIpc) is 3.00. The number of nitrogens with zero attached hydrogens (tertiary/aromatic N) is 1. The van der Waals surface area contributed by atoms with Gasteiger partial charge in [0.25, 0.3) is 5.91 Å². The Bertz CT molecular complexity index is 1170. The number of para-hydroxylation sites is 1. The smallest absolute Gasteiger partial charge is 0.341 e. The number of hydrogen-bond acceptors (Lipinski definition) is 5. The lowest BCUT2D eigenvalue weighted by atomic mass is 10.1. The quantitative estimate of drug-likeness (QED) is 0.475. The lowest BCUT2D eigenvalue weighted by molar-refractivity contribution is -0.139. The molecule has 5 nitrogen and oxygen atoms in total. The first kappa shape index (κ1) is 19.2. The van der Waals surface area contributed by atoms with Gasteiger partial charge in [-0.3, -0.25) is 9.69 Å². The Morgan fingerprint density at radius 1 is 1.07 bits per heavy atom. The molecule has 0 unspecified atom stereocenters. The van der Waals surface area contributed by atoms with E-state index in [0.717, 1.165) is 10.8 Å². The fraction of sp³-hybridized carbons (Fsp3) is 0.0455. The van der Waals surface area contributed by atoms with Gasteiger partial charge in [0, 0.05) is 5.56 Å². The third kappa shape index (κ3) is 4.01. The molecule has 0 radical (unpaired) electrons. The largest absolute Gasteiger partial charge is 0.481 e. The Morgan fingerprint density at radius 3 is 2.59 bits per heavy atom.